The molecule has 0 N–H and O–H groups in total. The summed E-state index contributed by atoms with van der Waals surface area (Å²) >= 11 is 6.27. The van der Waals surface area contributed by atoms with Gasteiger partial charge in [-0.1, -0.05) is 42.4 Å². The number of ether oxygens (including phenoxy) is 1. The first-order valence-corrected chi connectivity index (χ1v) is 11.7. The molecule has 1 aliphatic rings. The molecule has 0 bridgehead atoms. The molecule has 2 aromatic heterocycles. The van der Waals surface area contributed by atoms with E-state index in [-0.39, 0.29) is 34.2 Å². The molecule has 1 saturated heterocycles. The number of carbonyl (C=O) groups excluding carboxylic acids is 1. The Hall–Kier alpha value is -3.85. The Kier molecular flexibility index (Phi) is 6.17. The highest BCUT2D eigenvalue weighted by Crippen LogP contribution is 2.38. The maximum absolute atomic E-state index is 16.0. The third-order valence-corrected chi connectivity index (χ3v) is 6.77. The van der Waals surface area contributed by atoms with Crippen molar-refractivity contribution in [1.29, 1.82) is 0 Å². The van der Waals surface area contributed by atoms with Gasteiger partial charge in [-0.05, 0) is 24.5 Å². The average Bonchev–Trinajstić information content (AvgIpc) is 2.89. The second-order valence-corrected chi connectivity index (χ2v) is 8.89. The van der Waals surface area contributed by atoms with Gasteiger partial charge in [0.25, 0.3) is 0 Å². The van der Waals surface area contributed by atoms with Crippen molar-refractivity contribution in [2.45, 2.75) is 13.0 Å². The van der Waals surface area contributed by atoms with Gasteiger partial charge < -0.3 is 14.5 Å². The van der Waals surface area contributed by atoms with Crippen molar-refractivity contribution in [2.75, 3.05) is 31.6 Å². The number of benzene rings is 2. The van der Waals surface area contributed by atoms with Crippen LogP contribution in [0.1, 0.15) is 6.92 Å². The number of amides is 1. The normalized spacial score (nSPS) is 16.0. The quantitative estimate of drug-likeness (QED) is 0.360. The fraction of sp³-hybridized carbons (Fsp3) is 0.231. The highest BCUT2D eigenvalue weighted by atomic mass is 35.5. The fourth-order valence-electron chi connectivity index (χ4n) is 4.64. The summed E-state index contributed by atoms with van der Waals surface area (Å²) in [6, 6.07) is 7.87. The zero-order valence-corrected chi connectivity index (χ0v) is 20.4. The second-order valence-electron chi connectivity index (χ2n) is 8.51. The summed E-state index contributed by atoms with van der Waals surface area (Å²) in [5.41, 5.74) is 0.353. The van der Waals surface area contributed by atoms with Gasteiger partial charge in [0.1, 0.15) is 22.8 Å². The molecule has 1 aliphatic heterocycles. The van der Waals surface area contributed by atoms with Crippen LogP contribution in [0, 0.1) is 11.6 Å². The molecule has 3 heterocycles. The van der Waals surface area contributed by atoms with Gasteiger partial charge in [0.2, 0.25) is 5.91 Å². The van der Waals surface area contributed by atoms with Crippen molar-refractivity contribution in [2.24, 2.45) is 0 Å². The molecule has 184 valence electrons. The van der Waals surface area contributed by atoms with Crippen molar-refractivity contribution in [3.63, 3.8) is 0 Å². The Labute approximate surface area is 211 Å². The van der Waals surface area contributed by atoms with Crippen molar-refractivity contribution < 1.29 is 18.3 Å². The topological polar surface area (TPSA) is 71.5 Å². The molecule has 0 saturated carbocycles. The summed E-state index contributed by atoms with van der Waals surface area (Å²) in [6.07, 6.45) is 2.79. The average molecular weight is 510 g/mol. The summed E-state index contributed by atoms with van der Waals surface area (Å²) in [7, 11) is 1.40. The van der Waals surface area contributed by atoms with Gasteiger partial charge in [-0.15, -0.1) is 0 Å². The monoisotopic (exact) mass is 509 g/mol. The minimum atomic E-state index is -0.698. The van der Waals surface area contributed by atoms with Crippen LogP contribution in [0.4, 0.5) is 14.6 Å². The first kappa shape index (κ1) is 23.9. The third-order valence-electron chi connectivity index (χ3n) is 6.40. The molecule has 1 fully saturated rings. The number of halogens is 3. The Morgan fingerprint density at radius 3 is 2.75 bits per heavy atom. The van der Waals surface area contributed by atoms with E-state index >= 15 is 4.39 Å². The second kappa shape index (κ2) is 9.31. The molecule has 7 nitrogen and oxygen atoms in total. The van der Waals surface area contributed by atoms with Crippen LogP contribution in [0.3, 0.4) is 0 Å². The van der Waals surface area contributed by atoms with E-state index in [0.717, 1.165) is 0 Å². The zero-order chi connectivity index (χ0) is 25.6. The molecule has 0 aliphatic carbocycles. The molecule has 0 radical (unpaired) electrons. The van der Waals surface area contributed by atoms with E-state index in [4.69, 9.17) is 16.3 Å². The van der Waals surface area contributed by atoms with E-state index in [9.17, 15) is 9.18 Å². The van der Waals surface area contributed by atoms with Crippen LogP contribution in [0.2, 0.25) is 5.02 Å². The molecule has 0 spiro atoms. The molecule has 36 heavy (non-hydrogen) atoms. The molecule has 10 heteroatoms. The maximum Gasteiger partial charge on any atom is 0.318 e. The highest BCUT2D eigenvalue weighted by molar-refractivity contribution is 6.36. The lowest BCUT2D eigenvalue weighted by Crippen LogP contribution is -2.54. The molecule has 1 unspecified atom stereocenters. The van der Waals surface area contributed by atoms with Crippen molar-refractivity contribution in [1.82, 2.24) is 19.9 Å². The first-order chi connectivity index (χ1) is 17.3. The Bertz CT molecular complexity index is 1530. The minimum Gasteiger partial charge on any atom is -0.467 e. The number of pyridine rings is 1. The summed E-state index contributed by atoms with van der Waals surface area (Å²) in [4.78, 5) is 29.0. The number of rotatable bonds is 4. The van der Waals surface area contributed by atoms with Crippen LogP contribution in [0.15, 0.2) is 49.2 Å². The fourth-order valence-corrected chi connectivity index (χ4v) is 4.92. The Balaban J connectivity index is 1.65. The predicted octanol–water partition coefficient (Wildman–Crippen LogP) is 5.01. The molecular formula is C26H22ClF2N5O2. The molecule has 4 aromatic rings. The number of piperazine rings is 1. The number of fused-ring (bicyclic) bond motifs is 2. The maximum atomic E-state index is 16.0. The van der Waals surface area contributed by atoms with Gasteiger partial charge in [-0.3, -0.25) is 9.78 Å². The number of hydrogen-bond donors (Lipinski definition) is 0. The van der Waals surface area contributed by atoms with E-state index in [2.05, 4.69) is 21.5 Å². The lowest BCUT2D eigenvalue weighted by Gasteiger charge is -2.40. The lowest BCUT2D eigenvalue weighted by atomic mass is 10.0. The van der Waals surface area contributed by atoms with E-state index in [1.54, 1.807) is 29.2 Å². The molecule has 2 aromatic carbocycles. The number of carbonyl (C=O) groups is 1. The van der Waals surface area contributed by atoms with Crippen LogP contribution in [0.25, 0.3) is 32.9 Å². The smallest absolute Gasteiger partial charge is 0.318 e. The zero-order valence-electron chi connectivity index (χ0n) is 19.6. The SMILES string of the molecule is C=CC(=O)N1CCN(c2nc(OC)nc3c(F)c(-c4cccc5ccc(F)c(Cl)c45)ncc23)CC1C. The number of hydrogen-bond acceptors (Lipinski definition) is 6. The molecule has 1 amide bonds. The molecule has 5 rings (SSSR count). The predicted molar refractivity (Wildman–Crippen MR) is 135 cm³/mol. The lowest BCUT2D eigenvalue weighted by molar-refractivity contribution is -0.128. The highest BCUT2D eigenvalue weighted by Gasteiger charge is 2.29. The van der Waals surface area contributed by atoms with Gasteiger partial charge in [-0.25, -0.2) is 8.78 Å². The van der Waals surface area contributed by atoms with E-state index in [1.807, 2.05) is 11.8 Å². The van der Waals surface area contributed by atoms with E-state index in [1.165, 1.54) is 25.4 Å². The standard InChI is InChI=1S/C26H22ClF2N5O2/c1-4-19(35)34-11-10-33(13-14(34)2)25-17-12-30-23(22(29)24(17)31-26(32-25)36-3)16-7-5-6-15-8-9-18(28)21(27)20(15)16/h4-9,12,14H,1,10-11,13H2,2-3H3. The number of aromatic nitrogens is 3. The number of nitrogens with zero attached hydrogens (tertiary/aromatic N) is 5. The number of methoxy groups -OCH3 is 1. The first-order valence-electron chi connectivity index (χ1n) is 11.3. The van der Waals surface area contributed by atoms with Crippen LogP contribution in [-0.2, 0) is 4.79 Å². The summed E-state index contributed by atoms with van der Waals surface area (Å²) < 4.78 is 35.6. The van der Waals surface area contributed by atoms with Crippen molar-refractivity contribution in [3.8, 4) is 17.3 Å². The van der Waals surface area contributed by atoms with Crippen LogP contribution < -0.4 is 9.64 Å². The molecule has 1 atom stereocenters. The minimum absolute atomic E-state index is 0.00667. The van der Waals surface area contributed by atoms with Gasteiger partial charge in [0.05, 0.1) is 17.5 Å². The third kappa shape index (κ3) is 3.89. The molecular weight excluding hydrogens is 488 g/mol. The Morgan fingerprint density at radius 2 is 2.03 bits per heavy atom. The van der Waals surface area contributed by atoms with E-state index < -0.39 is 11.6 Å². The van der Waals surface area contributed by atoms with Gasteiger partial charge in [0.15, 0.2) is 5.82 Å². The summed E-state index contributed by atoms with van der Waals surface area (Å²) in [5.74, 6) is -0.993. The van der Waals surface area contributed by atoms with Crippen molar-refractivity contribution >= 4 is 45.0 Å². The Morgan fingerprint density at radius 1 is 1.22 bits per heavy atom. The van der Waals surface area contributed by atoms with Gasteiger partial charge in [-0.2, -0.15) is 9.97 Å². The van der Waals surface area contributed by atoms with Crippen LogP contribution in [0.5, 0.6) is 6.01 Å². The largest absolute Gasteiger partial charge is 0.467 e. The van der Waals surface area contributed by atoms with Gasteiger partial charge >= 0.3 is 6.01 Å². The number of anilines is 1. The van der Waals surface area contributed by atoms with Gasteiger partial charge in [0, 0.05) is 42.8 Å². The van der Waals surface area contributed by atoms with Crippen LogP contribution in [-0.4, -0.2) is 58.5 Å². The van der Waals surface area contributed by atoms with E-state index in [0.29, 0.717) is 47.2 Å². The van der Waals surface area contributed by atoms with Crippen molar-refractivity contribution in [3.05, 3.63) is 65.8 Å². The summed E-state index contributed by atoms with van der Waals surface area (Å²) in [5, 5.41) is 1.31. The summed E-state index contributed by atoms with van der Waals surface area (Å²) in [6.45, 7) is 6.88. The van der Waals surface area contributed by atoms with Crippen LogP contribution >= 0.6 is 11.6 Å².